The lowest BCUT2D eigenvalue weighted by Gasteiger charge is -2.04. The van der Waals surface area contributed by atoms with E-state index in [1.807, 2.05) is 13.0 Å². The Balaban J connectivity index is 2.35. The van der Waals surface area contributed by atoms with E-state index in [9.17, 15) is 4.79 Å². The summed E-state index contributed by atoms with van der Waals surface area (Å²) in [6, 6.07) is 8.36. The molecule has 0 bridgehead atoms. The highest BCUT2D eigenvalue weighted by molar-refractivity contribution is 5.75. The summed E-state index contributed by atoms with van der Waals surface area (Å²) in [5.41, 5.74) is 2.55. The van der Waals surface area contributed by atoms with Gasteiger partial charge in [0.1, 0.15) is 0 Å². The second-order valence-electron chi connectivity index (χ2n) is 3.44. The molecule has 1 aromatic rings. The fourth-order valence-corrected chi connectivity index (χ4v) is 1.34. The molecule has 0 spiro atoms. The first-order chi connectivity index (χ1) is 6.72. The van der Waals surface area contributed by atoms with Crippen molar-refractivity contribution < 1.29 is 4.79 Å². The van der Waals surface area contributed by atoms with E-state index < -0.39 is 0 Å². The first kappa shape index (κ1) is 10.8. The predicted molar refractivity (Wildman–Crippen MR) is 58.2 cm³/mol. The quantitative estimate of drug-likeness (QED) is 0.775. The number of carbonyl (C=O) groups excluding carboxylic acids is 1. The van der Waals surface area contributed by atoms with E-state index in [1.54, 1.807) is 0 Å². The van der Waals surface area contributed by atoms with Gasteiger partial charge >= 0.3 is 0 Å². The van der Waals surface area contributed by atoms with Gasteiger partial charge in [-0.3, -0.25) is 4.79 Å². The number of nitrogens with one attached hydrogen (secondary N) is 1. The Kier molecular flexibility index (Phi) is 4.17. The molecule has 0 aliphatic carbocycles. The zero-order valence-corrected chi connectivity index (χ0v) is 8.84. The summed E-state index contributed by atoms with van der Waals surface area (Å²) < 4.78 is 0. The zero-order valence-electron chi connectivity index (χ0n) is 8.84. The van der Waals surface area contributed by atoms with E-state index in [0.29, 0.717) is 6.42 Å². The minimum atomic E-state index is 0.123. The molecule has 1 aromatic carbocycles. The molecule has 0 heterocycles. The van der Waals surface area contributed by atoms with E-state index in [1.165, 1.54) is 11.1 Å². The van der Waals surface area contributed by atoms with E-state index in [0.717, 1.165) is 13.0 Å². The molecule has 1 amide bonds. The van der Waals surface area contributed by atoms with Gasteiger partial charge in [0.15, 0.2) is 0 Å². The molecule has 0 aromatic heterocycles. The van der Waals surface area contributed by atoms with Crippen LogP contribution in [0.15, 0.2) is 24.3 Å². The Labute approximate surface area is 85.3 Å². The fraction of sp³-hybridized carbons (Fsp3) is 0.417. The van der Waals surface area contributed by atoms with Gasteiger partial charge in [-0.1, -0.05) is 36.8 Å². The molecule has 0 radical (unpaired) electrons. The van der Waals surface area contributed by atoms with Crippen molar-refractivity contribution in [3.05, 3.63) is 35.4 Å². The van der Waals surface area contributed by atoms with Gasteiger partial charge in [-0.15, -0.1) is 0 Å². The number of amides is 1. The molecule has 2 heteroatoms. The third kappa shape index (κ3) is 3.60. The maximum atomic E-state index is 11.0. The van der Waals surface area contributed by atoms with Gasteiger partial charge in [0, 0.05) is 13.0 Å². The van der Waals surface area contributed by atoms with Gasteiger partial charge in [-0.05, 0) is 18.9 Å². The monoisotopic (exact) mass is 191 g/mol. The van der Waals surface area contributed by atoms with Gasteiger partial charge in [-0.25, -0.2) is 0 Å². The van der Waals surface area contributed by atoms with Gasteiger partial charge in [0.25, 0.3) is 0 Å². The third-order valence-electron chi connectivity index (χ3n) is 2.14. The summed E-state index contributed by atoms with van der Waals surface area (Å²) >= 11 is 0. The van der Waals surface area contributed by atoms with Crippen LogP contribution in [0.1, 0.15) is 24.5 Å². The van der Waals surface area contributed by atoms with Crippen molar-refractivity contribution in [2.75, 3.05) is 6.54 Å². The normalized spacial score (nSPS) is 9.86. The van der Waals surface area contributed by atoms with Crippen molar-refractivity contribution in [3.8, 4) is 0 Å². The van der Waals surface area contributed by atoms with Gasteiger partial charge in [0.05, 0.1) is 0 Å². The Bertz CT molecular complexity index is 307. The third-order valence-corrected chi connectivity index (χ3v) is 2.14. The van der Waals surface area contributed by atoms with Crippen molar-refractivity contribution in [1.29, 1.82) is 0 Å². The number of hydrogen-bond acceptors (Lipinski definition) is 1. The maximum absolute atomic E-state index is 11.0. The lowest BCUT2D eigenvalue weighted by Crippen LogP contribution is -2.24. The van der Waals surface area contributed by atoms with Crippen molar-refractivity contribution in [2.24, 2.45) is 0 Å². The molecule has 0 unspecified atom stereocenters. The lowest BCUT2D eigenvalue weighted by atomic mass is 10.1. The van der Waals surface area contributed by atoms with Crippen molar-refractivity contribution in [2.45, 2.75) is 26.7 Å². The first-order valence-corrected chi connectivity index (χ1v) is 5.04. The molecule has 1 rings (SSSR count). The molecule has 0 aliphatic heterocycles. The summed E-state index contributed by atoms with van der Waals surface area (Å²) in [5, 5.41) is 2.86. The molecule has 2 nitrogen and oxygen atoms in total. The Hall–Kier alpha value is -1.31. The van der Waals surface area contributed by atoms with E-state index in [4.69, 9.17) is 0 Å². The molecule has 14 heavy (non-hydrogen) atoms. The molecule has 0 atom stereocenters. The van der Waals surface area contributed by atoms with Crippen LogP contribution in [0, 0.1) is 6.92 Å². The van der Waals surface area contributed by atoms with Crippen molar-refractivity contribution >= 4 is 5.91 Å². The highest BCUT2D eigenvalue weighted by Gasteiger charge is 1.96. The van der Waals surface area contributed by atoms with Gasteiger partial charge < -0.3 is 5.32 Å². The molecule has 0 saturated heterocycles. The minimum absolute atomic E-state index is 0.123. The van der Waals surface area contributed by atoms with E-state index >= 15 is 0 Å². The minimum Gasteiger partial charge on any atom is -0.356 e. The average molecular weight is 191 g/mol. The van der Waals surface area contributed by atoms with Crippen LogP contribution in [0.2, 0.25) is 0 Å². The zero-order chi connectivity index (χ0) is 10.4. The first-order valence-electron chi connectivity index (χ1n) is 5.04. The molecular formula is C12H17NO. The van der Waals surface area contributed by atoms with Crippen LogP contribution >= 0.6 is 0 Å². The fourth-order valence-electron chi connectivity index (χ4n) is 1.34. The molecule has 76 valence electrons. The summed E-state index contributed by atoms with van der Waals surface area (Å²) in [5.74, 6) is 0.123. The van der Waals surface area contributed by atoms with Gasteiger partial charge in [0.2, 0.25) is 5.91 Å². The summed E-state index contributed by atoms with van der Waals surface area (Å²) in [4.78, 5) is 11.0. The molecular weight excluding hydrogens is 174 g/mol. The van der Waals surface area contributed by atoms with Crippen molar-refractivity contribution in [1.82, 2.24) is 5.32 Å². The van der Waals surface area contributed by atoms with E-state index in [2.05, 4.69) is 30.4 Å². The van der Waals surface area contributed by atoms with Crippen LogP contribution in [0.25, 0.3) is 0 Å². The van der Waals surface area contributed by atoms with Crippen LogP contribution in [0.5, 0.6) is 0 Å². The maximum Gasteiger partial charge on any atom is 0.219 e. The SMILES string of the molecule is CCC(=O)NCCc1cccc(C)c1. The van der Waals surface area contributed by atoms with Crippen LogP contribution in [-0.4, -0.2) is 12.5 Å². The number of benzene rings is 1. The lowest BCUT2D eigenvalue weighted by molar-refractivity contribution is -0.120. The molecule has 0 fully saturated rings. The number of hydrogen-bond donors (Lipinski definition) is 1. The highest BCUT2D eigenvalue weighted by atomic mass is 16.1. The standard InChI is InChI=1S/C12H17NO/c1-3-12(14)13-8-7-11-6-4-5-10(2)9-11/h4-6,9H,3,7-8H2,1-2H3,(H,13,14). The average Bonchev–Trinajstić information content (AvgIpc) is 2.17. The summed E-state index contributed by atoms with van der Waals surface area (Å²) in [6.07, 6.45) is 1.47. The van der Waals surface area contributed by atoms with Crippen LogP contribution in [-0.2, 0) is 11.2 Å². The van der Waals surface area contributed by atoms with Crippen LogP contribution < -0.4 is 5.32 Å². The Morgan fingerprint density at radius 1 is 1.43 bits per heavy atom. The largest absolute Gasteiger partial charge is 0.356 e. The number of aryl methyl sites for hydroxylation is 1. The molecule has 1 N–H and O–H groups in total. The second kappa shape index (κ2) is 5.43. The molecule has 0 aliphatic rings. The number of rotatable bonds is 4. The van der Waals surface area contributed by atoms with Gasteiger partial charge in [-0.2, -0.15) is 0 Å². The Morgan fingerprint density at radius 3 is 2.86 bits per heavy atom. The van der Waals surface area contributed by atoms with Crippen molar-refractivity contribution in [3.63, 3.8) is 0 Å². The van der Waals surface area contributed by atoms with Crippen LogP contribution in [0.4, 0.5) is 0 Å². The topological polar surface area (TPSA) is 29.1 Å². The second-order valence-corrected chi connectivity index (χ2v) is 3.44. The Morgan fingerprint density at radius 2 is 2.21 bits per heavy atom. The number of carbonyl (C=O) groups is 1. The molecule has 0 saturated carbocycles. The predicted octanol–water partition coefficient (Wildman–Crippen LogP) is 2.06. The van der Waals surface area contributed by atoms with E-state index in [-0.39, 0.29) is 5.91 Å². The highest BCUT2D eigenvalue weighted by Crippen LogP contribution is 2.03. The summed E-state index contributed by atoms with van der Waals surface area (Å²) in [7, 11) is 0. The smallest absolute Gasteiger partial charge is 0.219 e. The summed E-state index contributed by atoms with van der Waals surface area (Å²) in [6.45, 7) is 4.67. The van der Waals surface area contributed by atoms with Crippen LogP contribution in [0.3, 0.4) is 0 Å².